The molecule has 4 N–H and O–H groups in total. The molecule has 1 aliphatic heterocycles. The minimum atomic E-state index is -1.64. The Morgan fingerprint density at radius 1 is 1.60 bits per heavy atom. The van der Waals surface area contributed by atoms with E-state index in [2.05, 4.69) is 4.98 Å². The summed E-state index contributed by atoms with van der Waals surface area (Å²) in [5.41, 5.74) is 0.977. The first kappa shape index (κ1) is 14.9. The molecule has 112 valence electrons. The summed E-state index contributed by atoms with van der Waals surface area (Å²) in [7, 11) is 0. The number of nitrogens with zero attached hydrogens (tertiary/aromatic N) is 2. The Labute approximate surface area is 113 Å². The molecule has 2 rings (SSSR count). The van der Waals surface area contributed by atoms with Gasteiger partial charge in [-0.15, -0.1) is 0 Å². The zero-order chi connectivity index (χ0) is 14.9. The molecule has 5 atom stereocenters. The second kappa shape index (κ2) is 5.83. The average Bonchev–Trinajstić information content (AvgIpc) is 2.46. The molecule has 20 heavy (non-hydrogen) atoms. The van der Waals surface area contributed by atoms with Crippen LogP contribution in [0.1, 0.15) is 13.2 Å². The van der Waals surface area contributed by atoms with Gasteiger partial charge in [0.15, 0.2) is 5.82 Å². The van der Waals surface area contributed by atoms with Crippen LogP contribution in [0.3, 0.4) is 0 Å². The molecule has 0 aliphatic carbocycles. The number of rotatable bonds is 3. The third kappa shape index (κ3) is 2.52. The maximum absolute atomic E-state index is 14.0. The Morgan fingerprint density at radius 2 is 2.30 bits per heavy atom. The van der Waals surface area contributed by atoms with E-state index in [1.807, 2.05) is 0 Å². The zero-order valence-electron chi connectivity index (χ0n) is 10.7. The molecule has 1 aliphatic rings. The lowest BCUT2D eigenvalue weighted by atomic mass is 9.92. The van der Waals surface area contributed by atoms with Crippen molar-refractivity contribution in [2.24, 2.45) is 5.92 Å². The summed E-state index contributed by atoms with van der Waals surface area (Å²) in [5, 5.41) is 27.4. The van der Waals surface area contributed by atoms with E-state index in [4.69, 9.17) is 15.1 Å². The van der Waals surface area contributed by atoms with Crippen LogP contribution in [0.4, 0.5) is 10.2 Å². The average molecular weight is 289 g/mol. The van der Waals surface area contributed by atoms with Gasteiger partial charge in [-0.3, -0.25) is 15.3 Å². The summed E-state index contributed by atoms with van der Waals surface area (Å²) < 4.78 is 20.4. The van der Waals surface area contributed by atoms with Gasteiger partial charge in [-0.25, -0.2) is 9.18 Å². The molecule has 1 aromatic heterocycles. The van der Waals surface area contributed by atoms with Crippen molar-refractivity contribution in [3.63, 3.8) is 0 Å². The highest BCUT2D eigenvalue weighted by Gasteiger charge is 2.44. The number of anilines is 1. The monoisotopic (exact) mass is 289 g/mol. The molecule has 0 aromatic carbocycles. The van der Waals surface area contributed by atoms with E-state index in [9.17, 15) is 14.3 Å². The molecule has 2 heterocycles. The molecule has 0 amide bonds. The molecule has 0 spiro atoms. The number of aromatic nitrogens is 2. The van der Waals surface area contributed by atoms with E-state index >= 15 is 0 Å². The number of hydrogen-bond acceptors (Lipinski definition) is 7. The van der Waals surface area contributed by atoms with Crippen molar-refractivity contribution in [2.45, 2.75) is 31.5 Å². The normalized spacial score (nSPS) is 34.0. The van der Waals surface area contributed by atoms with E-state index in [0.717, 1.165) is 4.57 Å². The summed E-state index contributed by atoms with van der Waals surface area (Å²) in [6.07, 6.45) is -3.93. The van der Waals surface area contributed by atoms with Gasteiger partial charge in [-0.2, -0.15) is 4.98 Å². The molecule has 8 nitrogen and oxygen atoms in total. The maximum atomic E-state index is 14.0. The van der Waals surface area contributed by atoms with Crippen molar-refractivity contribution in [1.29, 1.82) is 0 Å². The Hall–Kier alpha value is -1.55. The van der Waals surface area contributed by atoms with Crippen LogP contribution < -0.4 is 11.2 Å². The molecule has 9 heteroatoms. The fraction of sp³-hybridized carbons (Fsp3) is 0.636. The molecule has 0 saturated carbocycles. The minimum Gasteiger partial charge on any atom is -0.394 e. The van der Waals surface area contributed by atoms with Crippen molar-refractivity contribution in [1.82, 2.24) is 9.55 Å². The maximum Gasteiger partial charge on any atom is 0.351 e. The van der Waals surface area contributed by atoms with Gasteiger partial charge in [-0.1, -0.05) is 6.92 Å². The molecule has 0 bridgehead atoms. The van der Waals surface area contributed by atoms with Gasteiger partial charge in [0.1, 0.15) is 24.6 Å². The van der Waals surface area contributed by atoms with Crippen LogP contribution in [-0.4, -0.2) is 50.0 Å². The summed E-state index contributed by atoms with van der Waals surface area (Å²) >= 11 is 0. The van der Waals surface area contributed by atoms with Gasteiger partial charge in [0, 0.05) is 12.1 Å². The van der Waals surface area contributed by atoms with Crippen molar-refractivity contribution in [3.05, 3.63) is 22.7 Å². The highest BCUT2D eigenvalue weighted by molar-refractivity contribution is 5.28. The van der Waals surface area contributed by atoms with Crippen LogP contribution in [0.2, 0.25) is 0 Å². The fourth-order valence-electron chi connectivity index (χ4n) is 2.20. The first-order valence-corrected chi connectivity index (χ1v) is 6.07. The first-order valence-electron chi connectivity index (χ1n) is 6.07. The third-order valence-electron chi connectivity index (χ3n) is 3.37. The molecule has 1 saturated heterocycles. The Bertz CT molecular complexity index is 523. The molecular weight excluding hydrogens is 273 g/mol. The van der Waals surface area contributed by atoms with Gasteiger partial charge in [0.25, 0.3) is 0 Å². The summed E-state index contributed by atoms with van der Waals surface area (Å²) in [6.45, 7) is 0.917. The summed E-state index contributed by atoms with van der Waals surface area (Å²) in [5.74, 6) is -0.856. The molecular formula is C11H16FN3O5. The minimum absolute atomic E-state index is 0.0507. The predicted octanol–water partition coefficient (Wildman–Crippen LogP) is -0.731. The summed E-state index contributed by atoms with van der Waals surface area (Å²) in [4.78, 5) is 15.3. The number of hydrogen-bond donors (Lipinski definition) is 4. The smallest absolute Gasteiger partial charge is 0.351 e. The second-order valence-electron chi connectivity index (χ2n) is 4.66. The highest BCUT2D eigenvalue weighted by Crippen LogP contribution is 2.33. The van der Waals surface area contributed by atoms with Crippen LogP contribution >= 0.6 is 0 Å². The summed E-state index contributed by atoms with van der Waals surface area (Å²) in [6, 6.07) is 1.31. The van der Waals surface area contributed by atoms with Crippen molar-refractivity contribution in [2.75, 3.05) is 12.1 Å². The molecule has 0 radical (unpaired) electrons. The number of nitrogens with one attached hydrogen (secondary N) is 1. The molecule has 1 fully saturated rings. The van der Waals surface area contributed by atoms with E-state index in [1.165, 1.54) is 19.2 Å². The molecule has 1 aromatic rings. The number of ether oxygens (including phenoxy) is 1. The van der Waals surface area contributed by atoms with Crippen molar-refractivity contribution in [3.8, 4) is 0 Å². The fourth-order valence-corrected chi connectivity index (χ4v) is 2.20. The highest BCUT2D eigenvalue weighted by atomic mass is 19.1. The lowest BCUT2D eigenvalue weighted by molar-refractivity contribution is -0.213. The lowest BCUT2D eigenvalue weighted by Crippen LogP contribution is -2.52. The van der Waals surface area contributed by atoms with Crippen molar-refractivity contribution < 1.29 is 24.5 Å². The van der Waals surface area contributed by atoms with Crippen LogP contribution in [0.15, 0.2) is 17.1 Å². The third-order valence-corrected chi connectivity index (χ3v) is 3.37. The van der Waals surface area contributed by atoms with E-state index < -0.39 is 42.8 Å². The Kier molecular flexibility index (Phi) is 4.33. The van der Waals surface area contributed by atoms with Crippen molar-refractivity contribution >= 4 is 5.82 Å². The van der Waals surface area contributed by atoms with Crippen LogP contribution in [-0.2, 0) is 4.74 Å². The van der Waals surface area contributed by atoms with E-state index in [-0.39, 0.29) is 5.82 Å². The quantitative estimate of drug-likeness (QED) is 0.542. The van der Waals surface area contributed by atoms with Gasteiger partial charge in [-0.05, 0) is 6.07 Å². The predicted molar refractivity (Wildman–Crippen MR) is 65.0 cm³/mol. The van der Waals surface area contributed by atoms with Gasteiger partial charge < -0.3 is 14.9 Å². The van der Waals surface area contributed by atoms with Gasteiger partial charge >= 0.3 is 5.69 Å². The Balaban J connectivity index is 2.33. The standard InChI is InChI=1S/C11H16FN3O5/c1-5-8(12)9(17)6(4-16)20-10(5)15-3-2-7(14-19)13-11(15)18/h2-3,5-6,8-10,16-17,19H,4H2,1H3,(H,13,14,18)/t5?,6-,8-,9?,10-/m1/s1. The van der Waals surface area contributed by atoms with Crippen LogP contribution in [0, 0.1) is 5.92 Å². The Morgan fingerprint density at radius 3 is 2.85 bits per heavy atom. The van der Waals surface area contributed by atoms with Gasteiger partial charge in [0.2, 0.25) is 0 Å². The first-order chi connectivity index (χ1) is 9.49. The molecule has 2 unspecified atom stereocenters. The number of aliphatic hydroxyl groups excluding tert-OH is 2. The largest absolute Gasteiger partial charge is 0.394 e. The van der Waals surface area contributed by atoms with E-state index in [0.29, 0.717) is 0 Å². The number of alkyl halides is 1. The van der Waals surface area contributed by atoms with Crippen LogP contribution in [0.25, 0.3) is 0 Å². The van der Waals surface area contributed by atoms with Gasteiger partial charge in [0.05, 0.1) is 6.61 Å². The zero-order valence-corrected chi connectivity index (χ0v) is 10.7. The topological polar surface area (TPSA) is 117 Å². The van der Waals surface area contributed by atoms with Crippen LogP contribution in [0.5, 0.6) is 0 Å². The lowest BCUT2D eigenvalue weighted by Gasteiger charge is -2.40. The number of halogens is 1. The number of aliphatic hydroxyl groups is 2. The SMILES string of the molecule is CC1[C@@H](F)C(O)[C@@H](CO)O[C@H]1n1ccc(NO)nc1=O. The second-order valence-corrected chi connectivity index (χ2v) is 4.66. The van der Waals surface area contributed by atoms with E-state index in [1.54, 1.807) is 5.48 Å².